The lowest BCUT2D eigenvalue weighted by Crippen LogP contribution is -2.38. The first-order chi connectivity index (χ1) is 7.61. The fourth-order valence-corrected chi connectivity index (χ4v) is 1.87. The number of nitrogens with one attached hydrogen (secondary N) is 1. The molecule has 0 aromatic heterocycles. The smallest absolute Gasteiger partial charge is 0.230 e. The fourth-order valence-electron chi connectivity index (χ4n) is 1.16. The van der Waals surface area contributed by atoms with E-state index >= 15 is 0 Å². The number of halogens is 1. The van der Waals surface area contributed by atoms with Gasteiger partial charge in [-0.1, -0.05) is 17.7 Å². The van der Waals surface area contributed by atoms with Gasteiger partial charge in [0, 0.05) is 17.5 Å². The van der Waals surface area contributed by atoms with Crippen LogP contribution in [0.1, 0.15) is 12.5 Å². The van der Waals surface area contributed by atoms with Crippen molar-refractivity contribution in [3.05, 3.63) is 29.8 Å². The van der Waals surface area contributed by atoms with Crippen molar-refractivity contribution in [3.8, 4) is 0 Å². The molecule has 0 radical (unpaired) electrons. The predicted octanol–water partition coefficient (Wildman–Crippen LogP) is 1.97. The third-order valence-electron chi connectivity index (χ3n) is 2.15. The van der Waals surface area contributed by atoms with Crippen LogP contribution in [0.3, 0.4) is 0 Å². The van der Waals surface area contributed by atoms with Crippen LogP contribution in [-0.2, 0) is 4.79 Å². The van der Waals surface area contributed by atoms with Crippen LogP contribution in [0.2, 0.25) is 0 Å². The van der Waals surface area contributed by atoms with Crippen molar-refractivity contribution in [1.82, 2.24) is 5.32 Å². The summed E-state index contributed by atoms with van der Waals surface area (Å²) >= 11 is 1.54. The Balaban J connectivity index is 0.00000256. The highest BCUT2D eigenvalue weighted by atomic mass is 35.5. The van der Waals surface area contributed by atoms with Crippen LogP contribution in [0.4, 0.5) is 0 Å². The number of hydrogen-bond acceptors (Lipinski definition) is 3. The van der Waals surface area contributed by atoms with Crippen molar-refractivity contribution < 1.29 is 4.79 Å². The van der Waals surface area contributed by atoms with E-state index in [1.807, 2.05) is 38.1 Å². The number of rotatable bonds is 5. The van der Waals surface area contributed by atoms with Gasteiger partial charge in [-0.3, -0.25) is 4.79 Å². The molecule has 3 N–H and O–H groups in total. The highest BCUT2D eigenvalue weighted by molar-refractivity contribution is 8.00. The molecule has 1 aromatic rings. The Labute approximate surface area is 113 Å². The highest BCUT2D eigenvalue weighted by Crippen LogP contribution is 2.17. The molecule has 5 heteroatoms. The Morgan fingerprint density at radius 1 is 1.41 bits per heavy atom. The molecule has 96 valence electrons. The van der Waals surface area contributed by atoms with Gasteiger partial charge >= 0.3 is 0 Å². The maximum atomic E-state index is 11.5. The zero-order valence-electron chi connectivity index (χ0n) is 10.1. The number of thioether (sulfide) groups is 1. The number of amides is 1. The van der Waals surface area contributed by atoms with E-state index in [0.29, 0.717) is 12.3 Å². The van der Waals surface area contributed by atoms with Gasteiger partial charge < -0.3 is 11.1 Å². The van der Waals surface area contributed by atoms with E-state index in [1.54, 1.807) is 0 Å². The molecule has 1 rings (SSSR count). The van der Waals surface area contributed by atoms with Crippen LogP contribution < -0.4 is 11.1 Å². The lowest BCUT2D eigenvalue weighted by Gasteiger charge is -2.10. The lowest BCUT2D eigenvalue weighted by atomic mass is 10.2. The zero-order valence-corrected chi connectivity index (χ0v) is 11.7. The van der Waals surface area contributed by atoms with Gasteiger partial charge in [0.2, 0.25) is 5.91 Å². The number of benzene rings is 1. The number of carbonyl (C=O) groups excluding carboxylic acids is 1. The minimum absolute atomic E-state index is 0. The molecule has 1 aromatic carbocycles. The summed E-state index contributed by atoms with van der Waals surface area (Å²) in [5.41, 5.74) is 6.65. The second-order valence-electron chi connectivity index (χ2n) is 3.81. The van der Waals surface area contributed by atoms with Crippen molar-refractivity contribution in [1.29, 1.82) is 0 Å². The summed E-state index contributed by atoms with van der Waals surface area (Å²) in [6.07, 6.45) is 0. The zero-order chi connectivity index (χ0) is 12.0. The van der Waals surface area contributed by atoms with E-state index in [1.165, 1.54) is 17.3 Å². The molecule has 0 saturated heterocycles. The van der Waals surface area contributed by atoms with Gasteiger partial charge in [0.15, 0.2) is 0 Å². The second kappa shape index (κ2) is 8.39. The molecule has 1 atom stereocenters. The third-order valence-corrected chi connectivity index (χ3v) is 3.16. The summed E-state index contributed by atoms with van der Waals surface area (Å²) in [6, 6.07) is 8.19. The second-order valence-corrected chi connectivity index (χ2v) is 4.85. The molecule has 0 unspecified atom stereocenters. The largest absolute Gasteiger partial charge is 0.352 e. The number of aryl methyl sites for hydroxylation is 1. The molecular weight excluding hydrogens is 256 g/mol. The standard InChI is InChI=1S/C12H18N2OS.ClH/c1-9-3-5-11(6-4-9)16-8-12(15)14-10(2)7-13;/h3-6,10H,7-8,13H2,1-2H3,(H,14,15);1H/t10-;/m0./s1. The fraction of sp³-hybridized carbons (Fsp3) is 0.417. The first-order valence-electron chi connectivity index (χ1n) is 5.30. The highest BCUT2D eigenvalue weighted by Gasteiger charge is 2.05. The number of nitrogens with two attached hydrogens (primary N) is 1. The molecule has 0 bridgehead atoms. The average molecular weight is 275 g/mol. The topological polar surface area (TPSA) is 55.1 Å². The van der Waals surface area contributed by atoms with E-state index < -0.39 is 0 Å². The van der Waals surface area contributed by atoms with Crippen LogP contribution in [0.25, 0.3) is 0 Å². The molecule has 0 heterocycles. The third kappa shape index (κ3) is 6.56. The van der Waals surface area contributed by atoms with Gasteiger partial charge in [-0.15, -0.1) is 24.2 Å². The van der Waals surface area contributed by atoms with Crippen LogP contribution in [0.15, 0.2) is 29.2 Å². The van der Waals surface area contributed by atoms with Gasteiger partial charge in [0.05, 0.1) is 5.75 Å². The van der Waals surface area contributed by atoms with Crippen molar-refractivity contribution in [2.24, 2.45) is 5.73 Å². The summed E-state index contributed by atoms with van der Waals surface area (Å²) in [7, 11) is 0. The number of hydrogen-bond donors (Lipinski definition) is 2. The maximum Gasteiger partial charge on any atom is 0.230 e. The van der Waals surface area contributed by atoms with E-state index in [-0.39, 0.29) is 24.4 Å². The molecule has 0 fully saturated rings. The molecule has 0 aliphatic heterocycles. The van der Waals surface area contributed by atoms with Gasteiger partial charge in [-0.2, -0.15) is 0 Å². The van der Waals surface area contributed by atoms with Crippen LogP contribution in [-0.4, -0.2) is 24.2 Å². The van der Waals surface area contributed by atoms with Crippen LogP contribution in [0.5, 0.6) is 0 Å². The van der Waals surface area contributed by atoms with Crippen molar-refractivity contribution in [2.45, 2.75) is 24.8 Å². The molecule has 0 aliphatic rings. The summed E-state index contributed by atoms with van der Waals surface area (Å²) in [6.45, 7) is 4.42. The molecule has 0 saturated carbocycles. The van der Waals surface area contributed by atoms with Crippen molar-refractivity contribution in [2.75, 3.05) is 12.3 Å². The SMILES string of the molecule is Cc1ccc(SCC(=O)N[C@@H](C)CN)cc1.Cl. The Kier molecular flexibility index (Phi) is 8.04. The molecule has 17 heavy (non-hydrogen) atoms. The first kappa shape index (κ1) is 16.3. The molecule has 0 aliphatic carbocycles. The minimum atomic E-state index is 0. The Hall–Kier alpha value is -0.710. The molecular formula is C12H19ClN2OS. The van der Waals surface area contributed by atoms with Gasteiger partial charge in [0.25, 0.3) is 0 Å². The molecule has 3 nitrogen and oxygen atoms in total. The monoisotopic (exact) mass is 274 g/mol. The maximum absolute atomic E-state index is 11.5. The Morgan fingerprint density at radius 3 is 2.53 bits per heavy atom. The molecule has 0 spiro atoms. The normalized spacial score (nSPS) is 11.5. The summed E-state index contributed by atoms with van der Waals surface area (Å²) in [5, 5.41) is 2.83. The summed E-state index contributed by atoms with van der Waals surface area (Å²) < 4.78 is 0. The Morgan fingerprint density at radius 2 is 2.00 bits per heavy atom. The summed E-state index contributed by atoms with van der Waals surface area (Å²) in [5.74, 6) is 0.469. The lowest BCUT2D eigenvalue weighted by molar-refractivity contribution is -0.119. The van der Waals surface area contributed by atoms with Gasteiger partial charge in [-0.25, -0.2) is 0 Å². The van der Waals surface area contributed by atoms with Crippen LogP contribution in [0, 0.1) is 6.92 Å². The van der Waals surface area contributed by atoms with E-state index in [0.717, 1.165) is 4.90 Å². The quantitative estimate of drug-likeness (QED) is 0.807. The average Bonchev–Trinajstić information content (AvgIpc) is 2.28. The van der Waals surface area contributed by atoms with Crippen LogP contribution >= 0.6 is 24.2 Å². The van der Waals surface area contributed by atoms with Gasteiger partial charge in [-0.05, 0) is 26.0 Å². The van der Waals surface area contributed by atoms with E-state index in [9.17, 15) is 4.79 Å². The van der Waals surface area contributed by atoms with E-state index in [2.05, 4.69) is 5.32 Å². The minimum Gasteiger partial charge on any atom is -0.352 e. The van der Waals surface area contributed by atoms with Crippen molar-refractivity contribution >= 4 is 30.1 Å². The number of carbonyl (C=O) groups is 1. The molecule has 1 amide bonds. The Bertz CT molecular complexity index is 343. The van der Waals surface area contributed by atoms with Gasteiger partial charge in [0.1, 0.15) is 0 Å². The van der Waals surface area contributed by atoms with E-state index in [4.69, 9.17) is 5.73 Å². The summed E-state index contributed by atoms with van der Waals surface area (Å²) in [4.78, 5) is 12.6. The first-order valence-corrected chi connectivity index (χ1v) is 6.29. The predicted molar refractivity (Wildman–Crippen MR) is 75.8 cm³/mol. The van der Waals surface area contributed by atoms with Crippen molar-refractivity contribution in [3.63, 3.8) is 0 Å².